The Hall–Kier alpha value is -2.62. The van der Waals surface area contributed by atoms with Crippen LogP contribution in [0.3, 0.4) is 0 Å². The molecule has 0 heterocycles. The lowest BCUT2D eigenvalue weighted by molar-refractivity contribution is -0.314. The molecule has 26 heavy (non-hydrogen) atoms. The molecule has 2 atom stereocenters. The molecule has 0 saturated heterocycles. The second-order valence-electron chi connectivity index (χ2n) is 7.09. The summed E-state index contributed by atoms with van der Waals surface area (Å²) in [4.78, 5) is 27.3. The topological polar surface area (TPSA) is 60.4 Å². The number of amides is 1. The molecule has 2 aromatic carbocycles. The van der Waals surface area contributed by atoms with E-state index >= 15 is 0 Å². The lowest BCUT2D eigenvalue weighted by atomic mass is 9.54. The van der Waals surface area contributed by atoms with Crippen LogP contribution in [0.25, 0.3) is 0 Å². The summed E-state index contributed by atoms with van der Waals surface area (Å²) in [6.07, 6.45) is 0. The molecule has 2 aromatic rings. The Morgan fingerprint density at radius 3 is 1.54 bits per heavy atom. The van der Waals surface area contributed by atoms with Gasteiger partial charge < -0.3 is 14.8 Å². The summed E-state index contributed by atoms with van der Waals surface area (Å²) in [7, 11) is 0. The Morgan fingerprint density at radius 1 is 0.808 bits per heavy atom. The van der Waals surface area contributed by atoms with E-state index in [-0.39, 0.29) is 17.7 Å². The number of nitrogens with zero attached hydrogens (tertiary/aromatic N) is 1. The van der Waals surface area contributed by atoms with Crippen LogP contribution in [0.4, 0.5) is 0 Å². The lowest BCUT2D eigenvalue weighted by Gasteiger charge is -2.51. The minimum absolute atomic E-state index is 0.0804. The van der Waals surface area contributed by atoms with Gasteiger partial charge in [0.1, 0.15) is 0 Å². The zero-order chi connectivity index (χ0) is 18.4. The number of carbonyl (C=O) groups is 2. The third-order valence-corrected chi connectivity index (χ3v) is 6.07. The Morgan fingerprint density at radius 2 is 1.19 bits per heavy atom. The van der Waals surface area contributed by atoms with E-state index < -0.39 is 17.8 Å². The van der Waals surface area contributed by atoms with Crippen molar-refractivity contribution in [3.05, 3.63) is 70.8 Å². The van der Waals surface area contributed by atoms with Gasteiger partial charge in [-0.15, -0.1) is 0 Å². The molecule has 0 N–H and O–H groups in total. The molecule has 1 amide bonds. The Labute approximate surface area is 153 Å². The number of benzene rings is 2. The molecule has 4 heteroatoms. The van der Waals surface area contributed by atoms with Crippen molar-refractivity contribution in [1.82, 2.24) is 4.90 Å². The van der Waals surface area contributed by atoms with E-state index in [1.54, 1.807) is 4.90 Å². The fourth-order valence-corrected chi connectivity index (χ4v) is 5.00. The molecule has 5 rings (SSSR count). The van der Waals surface area contributed by atoms with Gasteiger partial charge in [-0.05, 0) is 36.1 Å². The lowest BCUT2D eigenvalue weighted by Crippen LogP contribution is -2.54. The normalized spacial score (nSPS) is 25.3. The second-order valence-corrected chi connectivity index (χ2v) is 7.09. The van der Waals surface area contributed by atoms with Gasteiger partial charge in [0.2, 0.25) is 5.91 Å². The summed E-state index contributed by atoms with van der Waals surface area (Å²) >= 11 is 0. The zero-order valence-corrected chi connectivity index (χ0v) is 15.0. The summed E-state index contributed by atoms with van der Waals surface area (Å²) < 4.78 is 0. The number of rotatable bonds is 4. The van der Waals surface area contributed by atoms with Gasteiger partial charge in [-0.25, -0.2) is 0 Å². The van der Waals surface area contributed by atoms with Crippen LogP contribution in [0, 0.1) is 11.8 Å². The van der Waals surface area contributed by atoms with Crippen molar-refractivity contribution >= 4 is 11.9 Å². The number of hydrogen-bond acceptors (Lipinski definition) is 3. The highest BCUT2D eigenvalue weighted by Crippen LogP contribution is 2.58. The quantitative estimate of drug-likeness (QED) is 0.850. The summed E-state index contributed by atoms with van der Waals surface area (Å²) in [5.41, 5.74) is 4.21. The molecule has 0 spiro atoms. The smallest absolute Gasteiger partial charge is 0.227 e. The van der Waals surface area contributed by atoms with E-state index in [1.807, 2.05) is 62.4 Å². The molecule has 3 aliphatic carbocycles. The monoisotopic (exact) mass is 348 g/mol. The van der Waals surface area contributed by atoms with E-state index in [2.05, 4.69) is 0 Å². The Bertz CT molecular complexity index is 824. The summed E-state index contributed by atoms with van der Waals surface area (Å²) in [5, 5.41) is 12.2. The van der Waals surface area contributed by atoms with Crippen LogP contribution in [0.1, 0.15) is 47.9 Å². The van der Waals surface area contributed by atoms with Gasteiger partial charge in [0, 0.05) is 36.8 Å². The van der Waals surface area contributed by atoms with Crippen LogP contribution >= 0.6 is 0 Å². The standard InChI is InChI=1S/C22H23NO3/c1-3-23(4-2)21(24)19-17-13-9-5-7-11-15(13)18(20(19)22(25)26)16-12-8-6-10-14(16)17/h5-12,17-20H,3-4H2,1-2H3,(H,25,26)/p-1/t17?,18?,19-,20+/m0/s1. The maximum atomic E-state index is 13.3. The molecule has 0 radical (unpaired) electrons. The number of carbonyl (C=O) groups excluding carboxylic acids is 2. The third-order valence-electron chi connectivity index (χ3n) is 6.07. The fourth-order valence-electron chi connectivity index (χ4n) is 5.00. The van der Waals surface area contributed by atoms with Gasteiger partial charge in [0.25, 0.3) is 0 Å². The van der Waals surface area contributed by atoms with E-state index in [9.17, 15) is 14.7 Å². The molecule has 0 aliphatic heterocycles. The van der Waals surface area contributed by atoms with Crippen molar-refractivity contribution in [2.75, 3.05) is 13.1 Å². The molecule has 4 nitrogen and oxygen atoms in total. The number of aliphatic carboxylic acids is 1. The van der Waals surface area contributed by atoms with Crippen LogP contribution in [0.5, 0.6) is 0 Å². The van der Waals surface area contributed by atoms with Crippen molar-refractivity contribution < 1.29 is 14.7 Å². The summed E-state index contributed by atoms with van der Waals surface area (Å²) in [6.45, 7) is 5.01. The van der Waals surface area contributed by atoms with Gasteiger partial charge in [-0.3, -0.25) is 4.79 Å². The van der Waals surface area contributed by atoms with E-state index in [0.29, 0.717) is 13.1 Å². The number of hydrogen-bond donors (Lipinski definition) is 0. The van der Waals surface area contributed by atoms with Crippen LogP contribution < -0.4 is 5.11 Å². The van der Waals surface area contributed by atoms with E-state index in [0.717, 1.165) is 22.3 Å². The van der Waals surface area contributed by atoms with Crippen molar-refractivity contribution in [3.63, 3.8) is 0 Å². The molecular formula is C22H22NO3-. The third kappa shape index (κ3) is 2.21. The first-order valence-electron chi connectivity index (χ1n) is 9.27. The first-order valence-corrected chi connectivity index (χ1v) is 9.27. The zero-order valence-electron chi connectivity index (χ0n) is 15.0. The molecule has 0 saturated carbocycles. The SMILES string of the molecule is CCN(CC)C(=O)[C@H]1C2c3ccccc3C(c3ccccc32)[C@H]1C(=O)[O-]. The van der Waals surface area contributed by atoms with Gasteiger partial charge >= 0.3 is 0 Å². The number of carboxylic acid groups (broad SMARTS) is 1. The van der Waals surface area contributed by atoms with Crippen LogP contribution in [-0.2, 0) is 9.59 Å². The average molecular weight is 348 g/mol. The molecule has 2 bridgehead atoms. The summed E-state index contributed by atoms with van der Waals surface area (Å²) in [5.74, 6) is -3.23. The van der Waals surface area contributed by atoms with Gasteiger partial charge in [0.15, 0.2) is 0 Å². The van der Waals surface area contributed by atoms with Crippen LogP contribution in [0.15, 0.2) is 48.5 Å². The Balaban J connectivity index is 1.96. The first-order chi connectivity index (χ1) is 12.6. The number of carboxylic acids is 1. The molecular weight excluding hydrogens is 326 g/mol. The Kier molecular flexibility index (Phi) is 4.06. The fraction of sp³-hybridized carbons (Fsp3) is 0.364. The first kappa shape index (κ1) is 16.8. The number of fused-ring (bicyclic) bond motifs is 1. The maximum absolute atomic E-state index is 13.3. The van der Waals surface area contributed by atoms with Gasteiger partial charge in [-0.1, -0.05) is 48.5 Å². The largest absolute Gasteiger partial charge is 0.550 e. The molecule has 134 valence electrons. The minimum atomic E-state index is -1.13. The summed E-state index contributed by atoms with van der Waals surface area (Å²) in [6, 6.07) is 15.9. The second kappa shape index (κ2) is 6.27. The van der Waals surface area contributed by atoms with Crippen LogP contribution in [0.2, 0.25) is 0 Å². The van der Waals surface area contributed by atoms with Crippen molar-refractivity contribution in [3.8, 4) is 0 Å². The average Bonchev–Trinajstić information content (AvgIpc) is 2.68. The van der Waals surface area contributed by atoms with Gasteiger partial charge in [0.05, 0.1) is 5.92 Å². The predicted octanol–water partition coefficient (Wildman–Crippen LogP) is 2.13. The van der Waals surface area contributed by atoms with E-state index in [1.165, 1.54) is 0 Å². The van der Waals surface area contributed by atoms with Crippen molar-refractivity contribution in [2.45, 2.75) is 25.7 Å². The molecule has 0 unspecified atom stereocenters. The minimum Gasteiger partial charge on any atom is -0.550 e. The van der Waals surface area contributed by atoms with E-state index in [4.69, 9.17) is 0 Å². The molecule has 0 aromatic heterocycles. The van der Waals surface area contributed by atoms with Crippen LogP contribution in [-0.4, -0.2) is 29.9 Å². The predicted molar refractivity (Wildman–Crippen MR) is 96.5 cm³/mol. The highest BCUT2D eigenvalue weighted by molar-refractivity contribution is 5.89. The van der Waals surface area contributed by atoms with Crippen molar-refractivity contribution in [2.24, 2.45) is 11.8 Å². The van der Waals surface area contributed by atoms with Gasteiger partial charge in [-0.2, -0.15) is 0 Å². The highest BCUT2D eigenvalue weighted by atomic mass is 16.4. The molecule has 0 fully saturated rings. The maximum Gasteiger partial charge on any atom is 0.227 e. The highest BCUT2D eigenvalue weighted by Gasteiger charge is 2.53. The van der Waals surface area contributed by atoms with Crippen molar-refractivity contribution in [1.29, 1.82) is 0 Å². The molecule has 3 aliphatic rings.